The van der Waals surface area contributed by atoms with Crippen LogP contribution < -0.4 is 0 Å². The Kier molecular flexibility index (Phi) is 4.00. The zero-order valence-electron chi connectivity index (χ0n) is 10.6. The van der Waals surface area contributed by atoms with E-state index in [9.17, 15) is 15.0 Å². The van der Waals surface area contributed by atoms with Gasteiger partial charge in [-0.3, -0.25) is 4.79 Å². The van der Waals surface area contributed by atoms with Crippen LogP contribution in [0.5, 0.6) is 0 Å². The SMILES string of the molecule is CCCC(C)(C(=O)O)C1(O)CCCC(C)C1. The van der Waals surface area contributed by atoms with Gasteiger partial charge >= 0.3 is 5.97 Å². The van der Waals surface area contributed by atoms with Crippen molar-refractivity contribution in [1.82, 2.24) is 0 Å². The van der Waals surface area contributed by atoms with E-state index in [2.05, 4.69) is 6.92 Å². The highest BCUT2D eigenvalue weighted by atomic mass is 16.4. The predicted octanol–water partition coefficient (Wildman–Crippen LogP) is 2.82. The lowest BCUT2D eigenvalue weighted by molar-refractivity contribution is -0.175. The molecule has 0 heterocycles. The summed E-state index contributed by atoms with van der Waals surface area (Å²) in [4.78, 5) is 11.5. The highest BCUT2D eigenvalue weighted by molar-refractivity contribution is 5.75. The van der Waals surface area contributed by atoms with Crippen LogP contribution in [-0.4, -0.2) is 21.8 Å². The second-order valence-corrected chi connectivity index (χ2v) is 5.62. The van der Waals surface area contributed by atoms with Crippen LogP contribution in [0.3, 0.4) is 0 Å². The third kappa shape index (κ3) is 2.24. The van der Waals surface area contributed by atoms with Gasteiger partial charge in [-0.25, -0.2) is 0 Å². The zero-order chi connectivity index (χ0) is 12.4. The van der Waals surface area contributed by atoms with Crippen LogP contribution in [0.1, 0.15) is 59.3 Å². The molecule has 0 amide bonds. The Balaban J connectivity index is 2.95. The molecule has 3 heteroatoms. The molecule has 0 saturated heterocycles. The fraction of sp³-hybridized carbons (Fsp3) is 0.923. The van der Waals surface area contributed by atoms with E-state index >= 15 is 0 Å². The fourth-order valence-electron chi connectivity index (χ4n) is 3.06. The molecule has 0 aliphatic heterocycles. The smallest absolute Gasteiger partial charge is 0.312 e. The molecule has 1 aliphatic rings. The summed E-state index contributed by atoms with van der Waals surface area (Å²) in [5.74, 6) is -0.430. The zero-order valence-corrected chi connectivity index (χ0v) is 10.6. The second kappa shape index (κ2) is 4.74. The molecule has 1 saturated carbocycles. The van der Waals surface area contributed by atoms with Gasteiger partial charge in [0, 0.05) is 0 Å². The molecule has 1 rings (SSSR count). The Hall–Kier alpha value is -0.570. The van der Waals surface area contributed by atoms with E-state index in [1.807, 2.05) is 6.92 Å². The molecule has 1 fully saturated rings. The number of carbonyl (C=O) groups is 1. The van der Waals surface area contributed by atoms with E-state index in [1.54, 1.807) is 6.92 Å². The molecule has 0 radical (unpaired) electrons. The number of hydrogen-bond donors (Lipinski definition) is 2. The highest BCUT2D eigenvalue weighted by Crippen LogP contribution is 2.47. The fourth-order valence-corrected chi connectivity index (χ4v) is 3.06. The number of hydrogen-bond acceptors (Lipinski definition) is 2. The minimum absolute atomic E-state index is 0.425. The Labute approximate surface area is 97.9 Å². The molecule has 3 unspecified atom stereocenters. The molecule has 3 nitrogen and oxygen atoms in total. The van der Waals surface area contributed by atoms with Gasteiger partial charge in [-0.1, -0.05) is 33.1 Å². The van der Waals surface area contributed by atoms with Gasteiger partial charge in [-0.15, -0.1) is 0 Å². The maximum Gasteiger partial charge on any atom is 0.312 e. The van der Waals surface area contributed by atoms with Crippen molar-refractivity contribution in [1.29, 1.82) is 0 Å². The van der Waals surface area contributed by atoms with Crippen LogP contribution in [0.2, 0.25) is 0 Å². The molecule has 0 aromatic heterocycles. The number of carboxylic acids is 1. The van der Waals surface area contributed by atoms with Gasteiger partial charge in [0.05, 0.1) is 11.0 Å². The number of aliphatic hydroxyl groups is 1. The molecule has 94 valence electrons. The maximum atomic E-state index is 11.5. The summed E-state index contributed by atoms with van der Waals surface area (Å²) >= 11 is 0. The van der Waals surface area contributed by atoms with Gasteiger partial charge in [0.25, 0.3) is 0 Å². The van der Waals surface area contributed by atoms with Crippen molar-refractivity contribution in [2.75, 3.05) is 0 Å². The first-order valence-corrected chi connectivity index (χ1v) is 6.31. The van der Waals surface area contributed by atoms with Crippen molar-refractivity contribution in [3.05, 3.63) is 0 Å². The van der Waals surface area contributed by atoms with Crippen LogP contribution in [0, 0.1) is 11.3 Å². The molecule has 16 heavy (non-hydrogen) atoms. The molecule has 0 aromatic rings. The lowest BCUT2D eigenvalue weighted by Gasteiger charge is -2.46. The van der Waals surface area contributed by atoms with E-state index in [-0.39, 0.29) is 0 Å². The molecule has 0 aromatic carbocycles. The van der Waals surface area contributed by atoms with Crippen molar-refractivity contribution in [2.45, 2.75) is 64.9 Å². The number of carboxylic acid groups (broad SMARTS) is 1. The minimum atomic E-state index is -1.02. The lowest BCUT2D eigenvalue weighted by Crippen LogP contribution is -2.53. The first kappa shape index (κ1) is 13.5. The van der Waals surface area contributed by atoms with Crippen LogP contribution in [-0.2, 0) is 4.79 Å². The summed E-state index contributed by atoms with van der Waals surface area (Å²) in [5, 5.41) is 20.1. The van der Waals surface area contributed by atoms with E-state index in [4.69, 9.17) is 0 Å². The summed E-state index contributed by atoms with van der Waals surface area (Å²) in [6.45, 7) is 5.77. The van der Waals surface area contributed by atoms with Gasteiger partial charge in [0.2, 0.25) is 0 Å². The molecule has 1 aliphatic carbocycles. The summed E-state index contributed by atoms with van der Waals surface area (Å²) in [6, 6.07) is 0. The molecule has 0 spiro atoms. The molecular formula is C13H24O3. The van der Waals surface area contributed by atoms with Crippen molar-refractivity contribution < 1.29 is 15.0 Å². The number of aliphatic carboxylic acids is 1. The largest absolute Gasteiger partial charge is 0.481 e. The average molecular weight is 228 g/mol. The Morgan fingerprint density at radius 2 is 2.19 bits per heavy atom. The Morgan fingerprint density at radius 1 is 1.56 bits per heavy atom. The van der Waals surface area contributed by atoms with E-state index in [0.29, 0.717) is 25.2 Å². The van der Waals surface area contributed by atoms with E-state index < -0.39 is 17.0 Å². The first-order chi connectivity index (χ1) is 7.35. The van der Waals surface area contributed by atoms with Crippen molar-refractivity contribution in [3.8, 4) is 0 Å². The summed E-state index contributed by atoms with van der Waals surface area (Å²) in [7, 11) is 0. The second-order valence-electron chi connectivity index (χ2n) is 5.62. The van der Waals surface area contributed by atoms with Gasteiger partial charge in [-0.2, -0.15) is 0 Å². The van der Waals surface area contributed by atoms with Gasteiger partial charge in [0.1, 0.15) is 0 Å². The standard InChI is InChI=1S/C13H24O3/c1-4-7-12(3,11(14)15)13(16)8-5-6-10(2)9-13/h10,16H,4-9H2,1-3H3,(H,14,15). The molecule has 2 N–H and O–H groups in total. The van der Waals surface area contributed by atoms with Crippen LogP contribution in [0.4, 0.5) is 0 Å². The Morgan fingerprint density at radius 3 is 2.62 bits per heavy atom. The van der Waals surface area contributed by atoms with Gasteiger partial charge in [-0.05, 0) is 32.1 Å². The van der Waals surface area contributed by atoms with Crippen LogP contribution in [0.25, 0.3) is 0 Å². The molecule has 3 atom stereocenters. The predicted molar refractivity (Wildman–Crippen MR) is 63.2 cm³/mol. The van der Waals surface area contributed by atoms with Gasteiger partial charge in [0.15, 0.2) is 0 Å². The van der Waals surface area contributed by atoms with Crippen molar-refractivity contribution >= 4 is 5.97 Å². The summed E-state index contributed by atoms with van der Waals surface area (Å²) in [6.07, 6.45) is 4.62. The maximum absolute atomic E-state index is 11.5. The normalized spacial score (nSPS) is 34.4. The van der Waals surface area contributed by atoms with Crippen molar-refractivity contribution in [3.63, 3.8) is 0 Å². The first-order valence-electron chi connectivity index (χ1n) is 6.31. The summed E-state index contributed by atoms with van der Waals surface area (Å²) < 4.78 is 0. The third-order valence-electron chi connectivity index (χ3n) is 4.22. The Bertz CT molecular complexity index is 264. The van der Waals surface area contributed by atoms with Gasteiger partial charge < -0.3 is 10.2 Å². The monoisotopic (exact) mass is 228 g/mol. The number of rotatable bonds is 4. The van der Waals surface area contributed by atoms with Crippen LogP contribution >= 0.6 is 0 Å². The van der Waals surface area contributed by atoms with E-state index in [0.717, 1.165) is 19.3 Å². The third-order valence-corrected chi connectivity index (χ3v) is 4.22. The van der Waals surface area contributed by atoms with Crippen LogP contribution in [0.15, 0.2) is 0 Å². The highest BCUT2D eigenvalue weighted by Gasteiger charge is 2.52. The van der Waals surface area contributed by atoms with Crippen molar-refractivity contribution in [2.24, 2.45) is 11.3 Å². The summed E-state index contributed by atoms with van der Waals surface area (Å²) in [5.41, 5.74) is -2.01. The minimum Gasteiger partial charge on any atom is -0.481 e. The quantitative estimate of drug-likeness (QED) is 0.778. The average Bonchev–Trinajstić information content (AvgIpc) is 2.17. The van der Waals surface area contributed by atoms with E-state index in [1.165, 1.54) is 0 Å². The topological polar surface area (TPSA) is 57.5 Å². The molecule has 0 bridgehead atoms. The molecular weight excluding hydrogens is 204 g/mol. The lowest BCUT2D eigenvalue weighted by atomic mass is 9.62.